The third kappa shape index (κ3) is 3.71. The molecular weight excluding hydrogens is 296 g/mol. The number of nitrogens with one attached hydrogen (secondary N) is 1. The molecule has 23 heavy (non-hydrogen) atoms. The molecule has 0 saturated carbocycles. The Bertz CT molecular complexity index is 673. The van der Waals surface area contributed by atoms with Crippen LogP contribution in [-0.2, 0) is 6.54 Å². The smallest absolute Gasteiger partial charge is 0.321 e. The number of ether oxygens (including phenoxy) is 1. The fourth-order valence-electron chi connectivity index (χ4n) is 2.37. The van der Waals surface area contributed by atoms with Crippen molar-refractivity contribution in [1.82, 2.24) is 25.3 Å². The first-order valence-electron chi connectivity index (χ1n) is 7.48. The van der Waals surface area contributed by atoms with Crippen LogP contribution in [0.3, 0.4) is 0 Å². The van der Waals surface area contributed by atoms with E-state index in [1.54, 1.807) is 18.3 Å². The molecule has 3 heterocycles. The number of hydrogen-bond acceptors (Lipinski definition) is 7. The summed E-state index contributed by atoms with van der Waals surface area (Å²) in [6.45, 7) is 2.05. The van der Waals surface area contributed by atoms with Gasteiger partial charge in [0.25, 0.3) is 5.91 Å². The van der Waals surface area contributed by atoms with Gasteiger partial charge in [-0.1, -0.05) is 0 Å². The van der Waals surface area contributed by atoms with E-state index in [0.29, 0.717) is 17.3 Å². The molecule has 0 aromatic carbocycles. The van der Waals surface area contributed by atoms with Gasteiger partial charge in [-0.3, -0.25) is 9.78 Å². The topological polar surface area (TPSA) is 93.1 Å². The van der Waals surface area contributed by atoms with E-state index in [2.05, 4.69) is 30.2 Å². The molecule has 0 spiro atoms. The first-order valence-corrected chi connectivity index (χ1v) is 7.48. The second-order valence-corrected chi connectivity index (χ2v) is 5.16. The molecule has 0 unspecified atom stereocenters. The molecule has 0 atom stereocenters. The molecule has 1 aliphatic heterocycles. The average Bonchev–Trinajstić information content (AvgIpc) is 3.15. The lowest BCUT2D eigenvalue weighted by atomic mass is 10.3. The van der Waals surface area contributed by atoms with E-state index in [1.807, 2.05) is 0 Å². The van der Waals surface area contributed by atoms with Crippen LogP contribution in [0.5, 0.6) is 6.01 Å². The van der Waals surface area contributed by atoms with Crippen molar-refractivity contribution in [2.24, 2.45) is 0 Å². The van der Waals surface area contributed by atoms with Gasteiger partial charge in [0.05, 0.1) is 19.2 Å². The molecule has 8 heteroatoms. The SMILES string of the molecule is COc1nc(CNC(=O)c2cccnc2)nc(N2CCCC2)n1. The fraction of sp³-hybridized carbons (Fsp3) is 0.400. The lowest BCUT2D eigenvalue weighted by Crippen LogP contribution is -2.26. The van der Waals surface area contributed by atoms with E-state index in [1.165, 1.54) is 13.3 Å². The summed E-state index contributed by atoms with van der Waals surface area (Å²) in [4.78, 5) is 31.0. The van der Waals surface area contributed by atoms with Gasteiger partial charge in [-0.25, -0.2) is 0 Å². The first-order chi connectivity index (χ1) is 11.3. The Morgan fingerprint density at radius 3 is 2.83 bits per heavy atom. The summed E-state index contributed by atoms with van der Waals surface area (Å²) in [6.07, 6.45) is 5.39. The van der Waals surface area contributed by atoms with E-state index in [9.17, 15) is 4.79 Å². The van der Waals surface area contributed by atoms with Crippen LogP contribution < -0.4 is 15.0 Å². The number of carbonyl (C=O) groups is 1. The molecule has 1 aliphatic rings. The van der Waals surface area contributed by atoms with Crippen molar-refractivity contribution in [3.8, 4) is 6.01 Å². The third-order valence-electron chi connectivity index (χ3n) is 3.55. The van der Waals surface area contributed by atoms with Crippen LogP contribution in [0, 0.1) is 0 Å². The number of nitrogens with zero attached hydrogens (tertiary/aromatic N) is 5. The van der Waals surface area contributed by atoms with Crippen LogP contribution in [-0.4, -0.2) is 46.0 Å². The van der Waals surface area contributed by atoms with Gasteiger partial charge in [-0.15, -0.1) is 0 Å². The Morgan fingerprint density at radius 2 is 2.13 bits per heavy atom. The van der Waals surface area contributed by atoms with Crippen LogP contribution >= 0.6 is 0 Å². The normalized spacial score (nSPS) is 13.9. The van der Waals surface area contributed by atoms with Gasteiger partial charge >= 0.3 is 6.01 Å². The summed E-state index contributed by atoms with van der Waals surface area (Å²) in [5.41, 5.74) is 0.494. The first kappa shape index (κ1) is 15.1. The monoisotopic (exact) mass is 314 g/mol. The van der Waals surface area contributed by atoms with Crippen molar-refractivity contribution in [3.05, 3.63) is 35.9 Å². The van der Waals surface area contributed by atoms with E-state index >= 15 is 0 Å². The highest BCUT2D eigenvalue weighted by Gasteiger charge is 2.18. The average molecular weight is 314 g/mol. The molecule has 3 rings (SSSR count). The van der Waals surface area contributed by atoms with Gasteiger partial charge in [0.15, 0.2) is 5.82 Å². The quantitative estimate of drug-likeness (QED) is 0.872. The minimum atomic E-state index is -0.222. The molecule has 0 aliphatic carbocycles. The summed E-state index contributed by atoms with van der Waals surface area (Å²) >= 11 is 0. The fourth-order valence-corrected chi connectivity index (χ4v) is 2.37. The van der Waals surface area contributed by atoms with E-state index < -0.39 is 0 Å². The van der Waals surface area contributed by atoms with Crippen molar-refractivity contribution in [3.63, 3.8) is 0 Å². The van der Waals surface area contributed by atoms with Crippen LogP contribution in [0.15, 0.2) is 24.5 Å². The molecule has 2 aromatic heterocycles. The van der Waals surface area contributed by atoms with Crippen molar-refractivity contribution < 1.29 is 9.53 Å². The predicted molar refractivity (Wildman–Crippen MR) is 83.2 cm³/mol. The Kier molecular flexibility index (Phi) is 4.60. The van der Waals surface area contributed by atoms with Gasteiger partial charge in [0, 0.05) is 25.5 Å². The number of carbonyl (C=O) groups excluding carboxylic acids is 1. The van der Waals surface area contributed by atoms with Gasteiger partial charge in [0.2, 0.25) is 5.95 Å². The molecule has 1 amide bonds. The van der Waals surface area contributed by atoms with Gasteiger partial charge in [-0.05, 0) is 25.0 Å². The van der Waals surface area contributed by atoms with Crippen molar-refractivity contribution in [2.45, 2.75) is 19.4 Å². The highest BCUT2D eigenvalue weighted by Crippen LogP contribution is 2.17. The number of amides is 1. The zero-order chi connectivity index (χ0) is 16.1. The number of rotatable bonds is 5. The Hall–Kier alpha value is -2.77. The van der Waals surface area contributed by atoms with E-state index in [0.717, 1.165) is 25.9 Å². The number of hydrogen-bond donors (Lipinski definition) is 1. The third-order valence-corrected chi connectivity index (χ3v) is 3.55. The van der Waals surface area contributed by atoms with Crippen LogP contribution in [0.25, 0.3) is 0 Å². The summed E-state index contributed by atoms with van der Waals surface area (Å²) in [5.74, 6) is 0.844. The second-order valence-electron chi connectivity index (χ2n) is 5.16. The maximum absolute atomic E-state index is 12.0. The summed E-state index contributed by atoms with van der Waals surface area (Å²) in [5, 5.41) is 2.78. The predicted octanol–water partition coefficient (Wildman–Crippen LogP) is 0.805. The minimum absolute atomic E-state index is 0.202. The molecule has 8 nitrogen and oxygen atoms in total. The second kappa shape index (κ2) is 6.99. The van der Waals surface area contributed by atoms with Crippen molar-refractivity contribution >= 4 is 11.9 Å². The molecule has 0 radical (unpaired) electrons. The number of aromatic nitrogens is 4. The van der Waals surface area contributed by atoms with E-state index in [4.69, 9.17) is 4.74 Å². The minimum Gasteiger partial charge on any atom is -0.467 e. The maximum Gasteiger partial charge on any atom is 0.321 e. The van der Waals surface area contributed by atoms with Crippen molar-refractivity contribution in [1.29, 1.82) is 0 Å². The molecule has 0 bridgehead atoms. The van der Waals surface area contributed by atoms with Crippen LogP contribution in [0.4, 0.5) is 5.95 Å². The van der Waals surface area contributed by atoms with Gasteiger partial charge in [-0.2, -0.15) is 15.0 Å². The lowest BCUT2D eigenvalue weighted by Gasteiger charge is -2.16. The molecule has 2 aromatic rings. The van der Waals surface area contributed by atoms with Crippen LogP contribution in [0.2, 0.25) is 0 Å². The van der Waals surface area contributed by atoms with Gasteiger partial charge < -0.3 is 15.0 Å². The lowest BCUT2D eigenvalue weighted by molar-refractivity contribution is 0.0949. The summed E-state index contributed by atoms with van der Waals surface area (Å²) < 4.78 is 5.13. The number of pyridine rings is 1. The van der Waals surface area contributed by atoms with Crippen LogP contribution in [0.1, 0.15) is 29.0 Å². The summed E-state index contributed by atoms with van der Waals surface area (Å²) in [6, 6.07) is 3.67. The highest BCUT2D eigenvalue weighted by molar-refractivity contribution is 5.93. The molecule has 1 fully saturated rings. The largest absolute Gasteiger partial charge is 0.467 e. The number of methoxy groups -OCH3 is 1. The van der Waals surface area contributed by atoms with Crippen molar-refractivity contribution in [2.75, 3.05) is 25.1 Å². The zero-order valence-corrected chi connectivity index (χ0v) is 12.9. The standard InChI is InChI=1S/C15H18N6O2/c1-23-15-19-12(18-14(20-15)21-7-2-3-8-21)10-17-13(22)11-5-4-6-16-9-11/h4-6,9H,2-3,7-8,10H2,1H3,(H,17,22). The number of anilines is 1. The van der Waals surface area contributed by atoms with E-state index in [-0.39, 0.29) is 18.5 Å². The Morgan fingerprint density at radius 1 is 1.30 bits per heavy atom. The molecular formula is C15H18N6O2. The maximum atomic E-state index is 12.0. The highest BCUT2D eigenvalue weighted by atomic mass is 16.5. The Balaban J connectivity index is 1.71. The van der Waals surface area contributed by atoms with Gasteiger partial charge in [0.1, 0.15) is 0 Å². The Labute approximate surface area is 134 Å². The zero-order valence-electron chi connectivity index (χ0n) is 12.9. The molecule has 120 valence electrons. The molecule has 1 N–H and O–H groups in total. The summed E-state index contributed by atoms with van der Waals surface area (Å²) in [7, 11) is 1.51. The molecule has 1 saturated heterocycles.